The Kier molecular flexibility index (Phi) is 5.66. The number of thiophene rings is 1. The summed E-state index contributed by atoms with van der Waals surface area (Å²) >= 11 is 1.66. The fourth-order valence-corrected chi connectivity index (χ4v) is 2.51. The first-order valence-electron chi connectivity index (χ1n) is 6.44. The summed E-state index contributed by atoms with van der Waals surface area (Å²) in [7, 11) is 3.80. The van der Waals surface area contributed by atoms with Crippen LogP contribution >= 0.6 is 11.3 Å². The summed E-state index contributed by atoms with van der Waals surface area (Å²) in [5.41, 5.74) is 0. The molecule has 1 N–H and O–H groups in total. The zero-order valence-electron chi connectivity index (χ0n) is 11.8. The van der Waals surface area contributed by atoms with Gasteiger partial charge >= 0.3 is 0 Å². The van der Waals surface area contributed by atoms with Crippen molar-refractivity contribution in [1.82, 2.24) is 19.7 Å². The van der Waals surface area contributed by atoms with Gasteiger partial charge in [0.1, 0.15) is 12.2 Å². The summed E-state index contributed by atoms with van der Waals surface area (Å²) in [6.07, 6.45) is 1.03. The van der Waals surface area contributed by atoms with Crippen LogP contribution in [0.4, 0.5) is 0 Å². The molecule has 0 saturated heterocycles. The average Bonchev–Trinajstić information content (AvgIpc) is 3.02. The fourth-order valence-electron chi connectivity index (χ4n) is 1.87. The SMILES string of the molecule is CN(Cc1ncnn1C)CC(O)COCc1cccs1. The maximum absolute atomic E-state index is 9.94. The van der Waals surface area contributed by atoms with E-state index in [1.54, 1.807) is 16.0 Å². The second-order valence-electron chi connectivity index (χ2n) is 4.74. The summed E-state index contributed by atoms with van der Waals surface area (Å²) in [6.45, 7) is 2.08. The van der Waals surface area contributed by atoms with Crippen LogP contribution < -0.4 is 0 Å². The first kappa shape index (κ1) is 15.1. The third kappa shape index (κ3) is 4.68. The van der Waals surface area contributed by atoms with E-state index in [9.17, 15) is 5.11 Å². The maximum atomic E-state index is 9.94. The van der Waals surface area contributed by atoms with Crippen LogP contribution in [0.1, 0.15) is 10.7 Å². The molecule has 2 aromatic rings. The summed E-state index contributed by atoms with van der Waals surface area (Å²) in [5, 5.41) is 16.0. The second-order valence-corrected chi connectivity index (χ2v) is 5.78. The van der Waals surface area contributed by atoms with E-state index in [2.05, 4.69) is 10.1 Å². The first-order chi connectivity index (χ1) is 9.65. The van der Waals surface area contributed by atoms with Crippen molar-refractivity contribution < 1.29 is 9.84 Å². The van der Waals surface area contributed by atoms with Gasteiger partial charge in [-0.05, 0) is 18.5 Å². The van der Waals surface area contributed by atoms with E-state index in [1.807, 2.05) is 36.5 Å². The number of ether oxygens (including phenoxy) is 1. The number of aliphatic hydroxyl groups is 1. The highest BCUT2D eigenvalue weighted by Crippen LogP contribution is 2.09. The van der Waals surface area contributed by atoms with Crippen molar-refractivity contribution in [3.8, 4) is 0 Å². The van der Waals surface area contributed by atoms with Crippen LogP contribution in [0.5, 0.6) is 0 Å². The maximum Gasteiger partial charge on any atom is 0.140 e. The van der Waals surface area contributed by atoms with Crippen molar-refractivity contribution >= 4 is 11.3 Å². The zero-order chi connectivity index (χ0) is 14.4. The van der Waals surface area contributed by atoms with Gasteiger partial charge in [0.25, 0.3) is 0 Å². The van der Waals surface area contributed by atoms with Crippen LogP contribution in [0.15, 0.2) is 23.8 Å². The highest BCUT2D eigenvalue weighted by Gasteiger charge is 2.11. The van der Waals surface area contributed by atoms with Crippen LogP contribution in [0, 0.1) is 0 Å². The minimum Gasteiger partial charge on any atom is -0.389 e. The van der Waals surface area contributed by atoms with Crippen molar-refractivity contribution in [3.05, 3.63) is 34.5 Å². The lowest BCUT2D eigenvalue weighted by molar-refractivity contribution is 0.0131. The minimum atomic E-state index is -0.506. The van der Waals surface area contributed by atoms with Gasteiger partial charge < -0.3 is 9.84 Å². The zero-order valence-corrected chi connectivity index (χ0v) is 12.6. The number of hydrogen-bond acceptors (Lipinski definition) is 6. The summed E-state index contributed by atoms with van der Waals surface area (Å²) in [5.74, 6) is 0.874. The summed E-state index contributed by atoms with van der Waals surface area (Å²) in [6, 6.07) is 4.02. The number of aryl methyl sites for hydroxylation is 1. The Labute approximate surface area is 122 Å². The van der Waals surface area contributed by atoms with Crippen molar-refractivity contribution in [2.45, 2.75) is 19.3 Å². The van der Waals surface area contributed by atoms with Gasteiger partial charge in [0.05, 0.1) is 25.9 Å². The number of hydrogen-bond donors (Lipinski definition) is 1. The van der Waals surface area contributed by atoms with Gasteiger partial charge in [0.2, 0.25) is 0 Å². The summed E-state index contributed by atoms with van der Waals surface area (Å²) in [4.78, 5) is 7.33. The third-order valence-electron chi connectivity index (χ3n) is 2.87. The molecule has 6 nitrogen and oxygen atoms in total. The fraction of sp³-hybridized carbons (Fsp3) is 0.538. The predicted molar refractivity (Wildman–Crippen MR) is 77.3 cm³/mol. The molecule has 0 spiro atoms. The Balaban J connectivity index is 1.66. The highest BCUT2D eigenvalue weighted by molar-refractivity contribution is 7.09. The van der Waals surface area contributed by atoms with Gasteiger partial charge in [-0.25, -0.2) is 4.98 Å². The van der Waals surface area contributed by atoms with Gasteiger partial charge in [-0.2, -0.15) is 5.10 Å². The van der Waals surface area contributed by atoms with Crippen LogP contribution in [0.3, 0.4) is 0 Å². The second kappa shape index (κ2) is 7.49. The lowest BCUT2D eigenvalue weighted by Gasteiger charge is -2.19. The molecule has 1 unspecified atom stereocenters. The van der Waals surface area contributed by atoms with E-state index in [4.69, 9.17) is 4.74 Å². The molecule has 2 aromatic heterocycles. The smallest absolute Gasteiger partial charge is 0.140 e. The molecule has 0 saturated carbocycles. The quantitative estimate of drug-likeness (QED) is 0.783. The molecule has 0 fully saturated rings. The first-order valence-corrected chi connectivity index (χ1v) is 7.32. The Morgan fingerprint density at radius 2 is 2.40 bits per heavy atom. The number of rotatable bonds is 8. The molecule has 0 radical (unpaired) electrons. The highest BCUT2D eigenvalue weighted by atomic mass is 32.1. The normalized spacial score (nSPS) is 13.0. The molecule has 0 aliphatic carbocycles. The van der Waals surface area contributed by atoms with Gasteiger partial charge in [0, 0.05) is 18.5 Å². The summed E-state index contributed by atoms with van der Waals surface area (Å²) < 4.78 is 7.23. The van der Waals surface area contributed by atoms with Gasteiger partial charge in [-0.3, -0.25) is 9.58 Å². The molecule has 2 rings (SSSR count). The van der Waals surface area contributed by atoms with E-state index in [0.29, 0.717) is 26.3 Å². The molecule has 0 bridgehead atoms. The molecule has 20 heavy (non-hydrogen) atoms. The van der Waals surface area contributed by atoms with Crippen molar-refractivity contribution in [2.24, 2.45) is 7.05 Å². The Bertz CT molecular complexity index is 500. The molecule has 0 amide bonds. The van der Waals surface area contributed by atoms with Crippen LogP contribution in [0.2, 0.25) is 0 Å². The van der Waals surface area contributed by atoms with Crippen molar-refractivity contribution in [1.29, 1.82) is 0 Å². The molecule has 0 aliphatic heterocycles. The van der Waals surface area contributed by atoms with Gasteiger partial charge in [-0.15, -0.1) is 11.3 Å². The number of aliphatic hydroxyl groups excluding tert-OH is 1. The van der Waals surface area contributed by atoms with Crippen LogP contribution in [0.25, 0.3) is 0 Å². The van der Waals surface area contributed by atoms with E-state index >= 15 is 0 Å². The largest absolute Gasteiger partial charge is 0.389 e. The standard InChI is InChI=1S/C13H20N4O2S/c1-16(7-13-14-10-15-17(13)2)6-11(18)8-19-9-12-4-3-5-20-12/h3-5,10-11,18H,6-9H2,1-2H3. The number of likely N-dealkylation sites (N-methyl/N-ethyl adjacent to an activating group) is 1. The molecule has 1 atom stereocenters. The van der Waals surface area contributed by atoms with Crippen molar-refractivity contribution in [2.75, 3.05) is 20.2 Å². The Hall–Kier alpha value is -1.28. The van der Waals surface area contributed by atoms with E-state index in [1.165, 1.54) is 11.2 Å². The van der Waals surface area contributed by atoms with Gasteiger partial charge in [-0.1, -0.05) is 6.07 Å². The number of aromatic nitrogens is 3. The van der Waals surface area contributed by atoms with Crippen molar-refractivity contribution in [3.63, 3.8) is 0 Å². The molecule has 0 aromatic carbocycles. The number of nitrogens with zero attached hydrogens (tertiary/aromatic N) is 4. The predicted octanol–water partition coefficient (Wildman–Crippen LogP) is 0.886. The lowest BCUT2D eigenvalue weighted by Crippen LogP contribution is -2.32. The molecule has 7 heteroatoms. The minimum absolute atomic E-state index is 0.334. The molecular weight excluding hydrogens is 276 g/mol. The van der Waals surface area contributed by atoms with E-state index < -0.39 is 6.10 Å². The topological polar surface area (TPSA) is 63.4 Å². The Morgan fingerprint density at radius 3 is 3.05 bits per heavy atom. The van der Waals surface area contributed by atoms with Crippen LogP contribution in [-0.4, -0.2) is 51.1 Å². The average molecular weight is 296 g/mol. The molecule has 0 aliphatic rings. The molecule has 110 valence electrons. The Morgan fingerprint density at radius 1 is 1.55 bits per heavy atom. The molecular formula is C13H20N4O2S. The molecule has 2 heterocycles. The van der Waals surface area contributed by atoms with E-state index in [-0.39, 0.29) is 0 Å². The lowest BCUT2D eigenvalue weighted by atomic mass is 10.3. The third-order valence-corrected chi connectivity index (χ3v) is 3.72. The van der Waals surface area contributed by atoms with Crippen LogP contribution in [-0.2, 0) is 24.9 Å². The van der Waals surface area contributed by atoms with E-state index in [0.717, 1.165) is 5.82 Å². The van der Waals surface area contributed by atoms with Gasteiger partial charge in [0.15, 0.2) is 0 Å². The monoisotopic (exact) mass is 296 g/mol.